The number of ketones is 1. The van der Waals surface area contributed by atoms with Crippen molar-refractivity contribution >= 4 is 29.1 Å². The Morgan fingerprint density at radius 3 is 2.32 bits per heavy atom. The van der Waals surface area contributed by atoms with Gasteiger partial charge in [-0.25, -0.2) is 0 Å². The molecule has 1 aliphatic heterocycles. The predicted octanol–water partition coefficient (Wildman–Crippen LogP) is 4.51. The van der Waals surface area contributed by atoms with Crippen LogP contribution >= 0.6 is 11.6 Å². The zero-order valence-electron chi connectivity index (χ0n) is 20.0. The Kier molecular flexibility index (Phi) is 8.58. The van der Waals surface area contributed by atoms with Gasteiger partial charge in [0.1, 0.15) is 17.3 Å². The van der Waals surface area contributed by atoms with Crippen LogP contribution in [-0.4, -0.2) is 67.0 Å². The van der Waals surface area contributed by atoms with Gasteiger partial charge in [0.2, 0.25) is 0 Å². The Morgan fingerprint density at radius 2 is 1.74 bits per heavy atom. The van der Waals surface area contributed by atoms with Gasteiger partial charge >= 0.3 is 0 Å². The van der Waals surface area contributed by atoms with E-state index in [1.807, 2.05) is 0 Å². The molecular formula is C26H31ClN2O5. The summed E-state index contributed by atoms with van der Waals surface area (Å²) in [4.78, 5) is 30.2. The molecule has 2 aromatic rings. The lowest BCUT2D eigenvalue weighted by Crippen LogP contribution is -2.33. The van der Waals surface area contributed by atoms with Crippen LogP contribution in [0, 0.1) is 0 Å². The summed E-state index contributed by atoms with van der Waals surface area (Å²) in [6.45, 7) is 7.11. The first-order chi connectivity index (χ1) is 16.4. The number of amides is 1. The highest BCUT2D eigenvalue weighted by atomic mass is 35.5. The van der Waals surface area contributed by atoms with Gasteiger partial charge in [-0.1, -0.05) is 25.4 Å². The van der Waals surface area contributed by atoms with E-state index in [1.54, 1.807) is 49.6 Å². The number of hydrogen-bond donors (Lipinski definition) is 1. The third-order valence-corrected chi connectivity index (χ3v) is 6.41. The minimum absolute atomic E-state index is 0.0155. The maximum atomic E-state index is 13.2. The summed E-state index contributed by atoms with van der Waals surface area (Å²) in [5, 5.41) is 11.7. The normalized spacial score (nSPS) is 17.5. The van der Waals surface area contributed by atoms with Crippen molar-refractivity contribution < 1.29 is 24.2 Å². The average Bonchev–Trinajstić information content (AvgIpc) is 3.11. The number of rotatable bonds is 10. The second kappa shape index (κ2) is 11.4. The molecule has 0 bridgehead atoms. The lowest BCUT2D eigenvalue weighted by atomic mass is 9.94. The van der Waals surface area contributed by atoms with E-state index in [4.69, 9.17) is 21.1 Å². The molecule has 0 aromatic heterocycles. The zero-order valence-corrected chi connectivity index (χ0v) is 20.8. The smallest absolute Gasteiger partial charge is 0.295 e. The molecule has 0 spiro atoms. The van der Waals surface area contributed by atoms with E-state index in [2.05, 4.69) is 18.7 Å². The molecule has 0 radical (unpaired) electrons. The van der Waals surface area contributed by atoms with Crippen LogP contribution in [0.5, 0.6) is 11.5 Å². The van der Waals surface area contributed by atoms with E-state index in [9.17, 15) is 14.7 Å². The van der Waals surface area contributed by atoms with Crippen LogP contribution < -0.4 is 9.47 Å². The van der Waals surface area contributed by atoms with E-state index in [0.717, 1.165) is 19.6 Å². The van der Waals surface area contributed by atoms with E-state index in [0.29, 0.717) is 40.6 Å². The van der Waals surface area contributed by atoms with Gasteiger partial charge in [0.15, 0.2) is 0 Å². The van der Waals surface area contributed by atoms with Crippen molar-refractivity contribution in [1.29, 1.82) is 0 Å². The standard InChI is InChI=1S/C26H31ClN2O5/c1-5-28(6-2)14-7-15-29-23(20-16-19(33-3)12-13-21(20)34-4)22(25(31)26(29)32)24(30)17-8-10-18(27)11-9-17/h8-13,16,23,30H,5-7,14-15H2,1-4H3/t23-/m1/s1. The van der Waals surface area contributed by atoms with Gasteiger partial charge in [-0.05, 0) is 68.5 Å². The molecule has 182 valence electrons. The van der Waals surface area contributed by atoms with Crippen LogP contribution in [0.4, 0.5) is 0 Å². The molecule has 8 heteroatoms. The molecule has 0 unspecified atom stereocenters. The van der Waals surface area contributed by atoms with Gasteiger partial charge in [-0.2, -0.15) is 0 Å². The second-order valence-corrected chi connectivity index (χ2v) is 8.42. The number of methoxy groups -OCH3 is 2. The Bertz CT molecular complexity index is 1060. The highest BCUT2D eigenvalue weighted by molar-refractivity contribution is 6.46. The second-order valence-electron chi connectivity index (χ2n) is 7.99. The van der Waals surface area contributed by atoms with Crippen LogP contribution in [0.3, 0.4) is 0 Å². The predicted molar refractivity (Wildman–Crippen MR) is 132 cm³/mol. The number of halogens is 1. The topological polar surface area (TPSA) is 79.3 Å². The monoisotopic (exact) mass is 486 g/mol. The molecular weight excluding hydrogens is 456 g/mol. The van der Waals surface area contributed by atoms with Crippen molar-refractivity contribution in [1.82, 2.24) is 9.80 Å². The number of aliphatic hydroxyl groups excluding tert-OH is 1. The van der Waals surface area contributed by atoms with E-state index in [1.165, 1.54) is 12.0 Å². The fourth-order valence-electron chi connectivity index (χ4n) is 4.25. The summed E-state index contributed by atoms with van der Waals surface area (Å²) >= 11 is 5.99. The summed E-state index contributed by atoms with van der Waals surface area (Å²) < 4.78 is 11.0. The lowest BCUT2D eigenvalue weighted by molar-refractivity contribution is -0.140. The number of hydrogen-bond acceptors (Lipinski definition) is 6. The number of nitrogens with zero attached hydrogens (tertiary/aromatic N) is 2. The van der Waals surface area contributed by atoms with Crippen LogP contribution in [0.1, 0.15) is 37.4 Å². The average molecular weight is 487 g/mol. The maximum absolute atomic E-state index is 13.2. The molecule has 7 nitrogen and oxygen atoms in total. The minimum atomic E-state index is -0.822. The van der Waals surface area contributed by atoms with Gasteiger partial charge in [0.25, 0.3) is 11.7 Å². The van der Waals surface area contributed by atoms with Crippen LogP contribution in [-0.2, 0) is 9.59 Å². The van der Waals surface area contributed by atoms with Crippen molar-refractivity contribution in [3.8, 4) is 11.5 Å². The van der Waals surface area contributed by atoms with Crippen LogP contribution in [0.25, 0.3) is 5.76 Å². The fraction of sp³-hybridized carbons (Fsp3) is 0.385. The molecule has 1 saturated heterocycles. The molecule has 0 saturated carbocycles. The Hall–Kier alpha value is -3.03. The first-order valence-corrected chi connectivity index (χ1v) is 11.7. The van der Waals surface area contributed by atoms with Crippen LogP contribution in [0.2, 0.25) is 5.02 Å². The van der Waals surface area contributed by atoms with Crippen molar-refractivity contribution in [2.45, 2.75) is 26.3 Å². The molecule has 1 atom stereocenters. The summed E-state index contributed by atoms with van der Waals surface area (Å²) in [6.07, 6.45) is 0.679. The third kappa shape index (κ3) is 5.21. The molecule has 1 aliphatic rings. The van der Waals surface area contributed by atoms with Gasteiger partial charge in [0.05, 0.1) is 25.8 Å². The number of likely N-dealkylation sites (tertiary alicyclic amines) is 1. The number of carbonyl (C=O) groups excluding carboxylic acids is 2. The number of Topliss-reactive ketones (excluding diaryl/α,β-unsaturated/α-hetero) is 1. The number of aliphatic hydroxyl groups is 1. The molecule has 3 rings (SSSR count). The highest BCUT2D eigenvalue weighted by Gasteiger charge is 2.47. The van der Waals surface area contributed by atoms with E-state index in [-0.39, 0.29) is 11.3 Å². The fourth-order valence-corrected chi connectivity index (χ4v) is 4.38. The van der Waals surface area contributed by atoms with Gasteiger partial charge in [-0.15, -0.1) is 0 Å². The van der Waals surface area contributed by atoms with Crippen molar-refractivity contribution in [3.63, 3.8) is 0 Å². The zero-order chi connectivity index (χ0) is 24.8. The Balaban J connectivity index is 2.13. The van der Waals surface area contributed by atoms with Crippen LogP contribution in [0.15, 0.2) is 48.0 Å². The molecule has 0 aliphatic carbocycles. The van der Waals surface area contributed by atoms with Gasteiger partial charge in [0, 0.05) is 22.7 Å². The third-order valence-electron chi connectivity index (χ3n) is 6.16. The Morgan fingerprint density at radius 1 is 1.06 bits per heavy atom. The maximum Gasteiger partial charge on any atom is 0.295 e. The molecule has 34 heavy (non-hydrogen) atoms. The Labute approximate surface area is 205 Å². The number of carbonyl (C=O) groups is 2. The van der Waals surface area contributed by atoms with E-state index < -0.39 is 17.7 Å². The summed E-state index contributed by atoms with van der Waals surface area (Å²) in [7, 11) is 3.07. The summed E-state index contributed by atoms with van der Waals surface area (Å²) in [5.74, 6) is -0.592. The molecule has 1 N–H and O–H groups in total. The highest BCUT2D eigenvalue weighted by Crippen LogP contribution is 2.44. The first kappa shape index (κ1) is 25.6. The molecule has 2 aromatic carbocycles. The van der Waals surface area contributed by atoms with E-state index >= 15 is 0 Å². The SMILES string of the molecule is CCN(CC)CCCN1C(=O)C(=O)C(=C(O)c2ccc(Cl)cc2)[C@H]1c1cc(OC)ccc1OC. The summed E-state index contributed by atoms with van der Waals surface area (Å²) in [6, 6.07) is 10.9. The first-order valence-electron chi connectivity index (χ1n) is 11.3. The van der Waals surface area contributed by atoms with Crippen molar-refractivity contribution in [3.05, 3.63) is 64.2 Å². The summed E-state index contributed by atoms with van der Waals surface area (Å²) in [5.41, 5.74) is 0.985. The lowest BCUT2D eigenvalue weighted by Gasteiger charge is -2.28. The van der Waals surface area contributed by atoms with Crippen molar-refractivity contribution in [2.24, 2.45) is 0 Å². The quantitative estimate of drug-likeness (QED) is 0.302. The number of benzene rings is 2. The van der Waals surface area contributed by atoms with Gasteiger partial charge < -0.3 is 24.4 Å². The number of ether oxygens (including phenoxy) is 2. The molecule has 1 heterocycles. The minimum Gasteiger partial charge on any atom is -0.507 e. The molecule has 1 fully saturated rings. The molecule has 1 amide bonds. The largest absolute Gasteiger partial charge is 0.507 e. The van der Waals surface area contributed by atoms with Gasteiger partial charge in [-0.3, -0.25) is 9.59 Å². The van der Waals surface area contributed by atoms with Crippen molar-refractivity contribution in [2.75, 3.05) is 40.4 Å².